The highest BCUT2D eigenvalue weighted by molar-refractivity contribution is 5.87. The minimum Gasteiger partial charge on any atom is -0.347 e. The van der Waals surface area contributed by atoms with Crippen molar-refractivity contribution in [1.29, 1.82) is 0 Å². The molecule has 2 heterocycles. The van der Waals surface area contributed by atoms with Gasteiger partial charge in [0.05, 0.1) is 30.3 Å². The summed E-state index contributed by atoms with van der Waals surface area (Å²) in [7, 11) is 3.40. The third-order valence-electron chi connectivity index (χ3n) is 3.66. The number of aromatic nitrogens is 2. The predicted octanol–water partition coefficient (Wildman–Crippen LogP) is -0.249. The van der Waals surface area contributed by atoms with Crippen LogP contribution in [0, 0.1) is 0 Å². The van der Waals surface area contributed by atoms with Gasteiger partial charge in [0.15, 0.2) is 0 Å². The van der Waals surface area contributed by atoms with Crippen molar-refractivity contribution in [3.05, 3.63) is 17.7 Å². The smallest absolute Gasteiger partial charge is 0.241 e. The minimum atomic E-state index is -0.303. The Morgan fingerprint density at radius 1 is 1.43 bits per heavy atom. The molecule has 21 heavy (non-hydrogen) atoms. The molecule has 0 aliphatic carbocycles. The number of fused-ring (bicyclic) bond motifs is 1. The number of rotatable bonds is 5. The van der Waals surface area contributed by atoms with E-state index >= 15 is 0 Å². The molecule has 0 fully saturated rings. The van der Waals surface area contributed by atoms with Crippen LogP contribution in [-0.2, 0) is 22.6 Å². The molecule has 2 N–H and O–H groups in total. The van der Waals surface area contributed by atoms with Crippen molar-refractivity contribution in [2.45, 2.75) is 32.4 Å². The zero-order valence-electron chi connectivity index (χ0n) is 12.8. The number of carbonyl (C=O) groups excluding carboxylic acids is 2. The summed E-state index contributed by atoms with van der Waals surface area (Å²) in [5.41, 5.74) is 1.97. The molecule has 1 unspecified atom stereocenters. The average Bonchev–Trinajstić information content (AvgIpc) is 2.93. The monoisotopic (exact) mass is 293 g/mol. The summed E-state index contributed by atoms with van der Waals surface area (Å²) in [5, 5.41) is 3.22. The number of H-pyrrole nitrogens is 1. The third-order valence-corrected chi connectivity index (χ3v) is 3.66. The first-order valence-corrected chi connectivity index (χ1v) is 7.26. The second kappa shape index (κ2) is 6.71. The summed E-state index contributed by atoms with van der Waals surface area (Å²) in [5.74, 6) is -0.0891. The molecule has 116 valence electrons. The SMILES string of the molecule is CCCN(CC(=O)N(C)C)C(=O)C1Cc2nc[nH]c2CN1. The summed E-state index contributed by atoms with van der Waals surface area (Å²) in [4.78, 5) is 34.9. The van der Waals surface area contributed by atoms with Crippen LogP contribution in [0.25, 0.3) is 0 Å². The lowest BCUT2D eigenvalue weighted by Crippen LogP contribution is -2.52. The van der Waals surface area contributed by atoms with Crippen molar-refractivity contribution in [1.82, 2.24) is 25.1 Å². The van der Waals surface area contributed by atoms with Crippen LogP contribution >= 0.6 is 0 Å². The molecule has 7 nitrogen and oxygen atoms in total. The number of nitrogens with zero attached hydrogens (tertiary/aromatic N) is 3. The summed E-state index contributed by atoms with van der Waals surface area (Å²) >= 11 is 0. The molecule has 7 heteroatoms. The van der Waals surface area contributed by atoms with E-state index in [1.54, 1.807) is 25.3 Å². The van der Waals surface area contributed by atoms with Crippen molar-refractivity contribution >= 4 is 11.8 Å². The molecular weight excluding hydrogens is 270 g/mol. The fourth-order valence-electron chi connectivity index (χ4n) is 2.41. The molecule has 1 aromatic heterocycles. The predicted molar refractivity (Wildman–Crippen MR) is 78.5 cm³/mol. The summed E-state index contributed by atoms with van der Waals surface area (Å²) in [6.45, 7) is 3.32. The molecule has 0 saturated carbocycles. The highest BCUT2D eigenvalue weighted by atomic mass is 16.2. The first-order valence-electron chi connectivity index (χ1n) is 7.26. The summed E-state index contributed by atoms with van der Waals surface area (Å²) in [6, 6.07) is -0.303. The standard InChI is InChI=1S/C14H23N5O2/c1-4-5-19(8-13(20)18(2)3)14(21)11-6-10-12(7-15-11)17-9-16-10/h9,11,15H,4-8H2,1-3H3,(H,16,17). The molecule has 2 rings (SSSR count). The van der Waals surface area contributed by atoms with Gasteiger partial charge in [0.25, 0.3) is 0 Å². The second-order valence-electron chi connectivity index (χ2n) is 5.51. The molecular formula is C14H23N5O2. The topological polar surface area (TPSA) is 81.3 Å². The molecule has 1 aliphatic heterocycles. The van der Waals surface area contributed by atoms with E-state index in [4.69, 9.17) is 0 Å². The van der Waals surface area contributed by atoms with Gasteiger partial charge in [0.2, 0.25) is 11.8 Å². The van der Waals surface area contributed by atoms with Crippen LogP contribution in [0.4, 0.5) is 0 Å². The Morgan fingerprint density at radius 2 is 2.19 bits per heavy atom. The number of imidazole rings is 1. The van der Waals surface area contributed by atoms with E-state index in [0.29, 0.717) is 19.5 Å². The Morgan fingerprint density at radius 3 is 2.86 bits per heavy atom. The Bertz CT molecular complexity index is 511. The highest BCUT2D eigenvalue weighted by Crippen LogP contribution is 2.14. The van der Waals surface area contributed by atoms with E-state index in [1.807, 2.05) is 6.92 Å². The molecule has 1 aliphatic rings. The number of hydrogen-bond acceptors (Lipinski definition) is 4. The van der Waals surface area contributed by atoms with Crippen molar-refractivity contribution < 1.29 is 9.59 Å². The van der Waals surface area contributed by atoms with Gasteiger partial charge in [-0.15, -0.1) is 0 Å². The lowest BCUT2D eigenvalue weighted by Gasteiger charge is -2.29. The summed E-state index contributed by atoms with van der Waals surface area (Å²) < 4.78 is 0. The molecule has 2 amide bonds. The quantitative estimate of drug-likeness (QED) is 0.784. The lowest BCUT2D eigenvalue weighted by molar-refractivity contribution is -0.140. The molecule has 1 aromatic rings. The van der Waals surface area contributed by atoms with Crippen LogP contribution in [0.3, 0.4) is 0 Å². The van der Waals surface area contributed by atoms with E-state index < -0.39 is 0 Å². The summed E-state index contributed by atoms with van der Waals surface area (Å²) in [6.07, 6.45) is 3.04. The van der Waals surface area contributed by atoms with Crippen LogP contribution in [0.15, 0.2) is 6.33 Å². The van der Waals surface area contributed by atoms with E-state index in [9.17, 15) is 9.59 Å². The molecule has 1 atom stereocenters. The van der Waals surface area contributed by atoms with Crippen LogP contribution in [0.2, 0.25) is 0 Å². The maximum atomic E-state index is 12.6. The lowest BCUT2D eigenvalue weighted by atomic mass is 10.0. The van der Waals surface area contributed by atoms with E-state index in [-0.39, 0.29) is 24.4 Å². The van der Waals surface area contributed by atoms with Gasteiger partial charge in [-0.25, -0.2) is 4.98 Å². The number of likely N-dealkylation sites (N-methyl/N-ethyl adjacent to an activating group) is 1. The fraction of sp³-hybridized carbons (Fsp3) is 0.643. The van der Waals surface area contributed by atoms with Gasteiger partial charge in [-0.2, -0.15) is 0 Å². The first-order chi connectivity index (χ1) is 10.0. The highest BCUT2D eigenvalue weighted by Gasteiger charge is 2.30. The second-order valence-corrected chi connectivity index (χ2v) is 5.51. The third kappa shape index (κ3) is 3.60. The van der Waals surface area contributed by atoms with Gasteiger partial charge in [-0.1, -0.05) is 6.92 Å². The van der Waals surface area contributed by atoms with Gasteiger partial charge < -0.3 is 14.8 Å². The number of carbonyl (C=O) groups is 2. The largest absolute Gasteiger partial charge is 0.347 e. The van der Waals surface area contributed by atoms with Gasteiger partial charge in [-0.3, -0.25) is 14.9 Å². The molecule has 0 aromatic carbocycles. The maximum Gasteiger partial charge on any atom is 0.241 e. The number of amides is 2. The molecule has 0 spiro atoms. The normalized spacial score (nSPS) is 17.2. The number of aromatic amines is 1. The Balaban J connectivity index is 2.03. The minimum absolute atomic E-state index is 0.0271. The molecule has 0 bridgehead atoms. The number of hydrogen-bond donors (Lipinski definition) is 2. The van der Waals surface area contributed by atoms with Gasteiger partial charge >= 0.3 is 0 Å². The number of nitrogens with one attached hydrogen (secondary N) is 2. The van der Waals surface area contributed by atoms with E-state index in [2.05, 4.69) is 15.3 Å². The van der Waals surface area contributed by atoms with Crippen molar-refractivity contribution in [2.75, 3.05) is 27.2 Å². The van der Waals surface area contributed by atoms with Crippen molar-refractivity contribution in [2.24, 2.45) is 0 Å². The van der Waals surface area contributed by atoms with Crippen molar-refractivity contribution in [3.8, 4) is 0 Å². The van der Waals surface area contributed by atoms with E-state index in [1.165, 1.54) is 4.90 Å². The zero-order chi connectivity index (χ0) is 15.4. The Hall–Kier alpha value is -1.89. The van der Waals surface area contributed by atoms with Crippen LogP contribution in [0.1, 0.15) is 24.7 Å². The van der Waals surface area contributed by atoms with Crippen LogP contribution < -0.4 is 5.32 Å². The van der Waals surface area contributed by atoms with E-state index in [0.717, 1.165) is 17.8 Å². The zero-order valence-corrected chi connectivity index (χ0v) is 12.8. The van der Waals surface area contributed by atoms with Gasteiger partial charge in [-0.05, 0) is 6.42 Å². The van der Waals surface area contributed by atoms with Crippen molar-refractivity contribution in [3.63, 3.8) is 0 Å². The Labute approximate surface area is 124 Å². The fourth-order valence-corrected chi connectivity index (χ4v) is 2.41. The maximum absolute atomic E-state index is 12.6. The average molecular weight is 293 g/mol. The Kier molecular flexibility index (Phi) is 4.95. The molecule has 0 saturated heterocycles. The van der Waals surface area contributed by atoms with Crippen LogP contribution in [-0.4, -0.2) is 64.8 Å². The first kappa shape index (κ1) is 15.5. The van der Waals surface area contributed by atoms with Crippen LogP contribution in [0.5, 0.6) is 0 Å². The van der Waals surface area contributed by atoms with Gasteiger partial charge in [0.1, 0.15) is 0 Å². The molecule has 0 radical (unpaired) electrons. The van der Waals surface area contributed by atoms with Gasteiger partial charge in [0, 0.05) is 33.6 Å².